The van der Waals surface area contributed by atoms with Crippen molar-refractivity contribution in [2.24, 2.45) is 16.7 Å². The second-order valence-corrected chi connectivity index (χ2v) is 11.4. The molecule has 33 heavy (non-hydrogen) atoms. The summed E-state index contributed by atoms with van der Waals surface area (Å²) in [6, 6.07) is 3.53. The second kappa shape index (κ2) is 8.21. The van der Waals surface area contributed by atoms with Crippen molar-refractivity contribution in [3.8, 4) is 0 Å². The lowest BCUT2D eigenvalue weighted by molar-refractivity contribution is -0.144. The van der Waals surface area contributed by atoms with Crippen molar-refractivity contribution in [2.45, 2.75) is 70.4 Å². The maximum absolute atomic E-state index is 12.9. The Morgan fingerprint density at radius 3 is 2.76 bits per heavy atom. The van der Waals surface area contributed by atoms with Crippen LogP contribution in [0.2, 0.25) is 0 Å². The van der Waals surface area contributed by atoms with E-state index >= 15 is 0 Å². The molecule has 8 nitrogen and oxygen atoms in total. The summed E-state index contributed by atoms with van der Waals surface area (Å²) < 4.78 is 5.19. The zero-order valence-corrected chi connectivity index (χ0v) is 19.8. The van der Waals surface area contributed by atoms with Gasteiger partial charge in [-0.2, -0.15) is 0 Å². The number of carbonyl (C=O) groups is 2. The summed E-state index contributed by atoms with van der Waals surface area (Å²) in [5.41, 5.74) is -0.116. The van der Waals surface area contributed by atoms with Crippen LogP contribution in [0.1, 0.15) is 73.0 Å². The van der Waals surface area contributed by atoms with Crippen LogP contribution < -0.4 is 10.6 Å². The number of aromatic nitrogens is 1. The third kappa shape index (κ3) is 3.90. The molecule has 0 aliphatic heterocycles. The predicted octanol–water partition coefficient (Wildman–Crippen LogP) is 3.07. The number of thiazole rings is 1. The number of fused-ring (bicyclic) bond motifs is 2. The molecule has 4 N–H and O–H groups in total. The number of aliphatic hydroxyl groups excluding tert-OH is 2. The van der Waals surface area contributed by atoms with Gasteiger partial charge >= 0.3 is 0 Å². The van der Waals surface area contributed by atoms with Gasteiger partial charge in [-0.1, -0.05) is 13.8 Å². The molecule has 0 radical (unpaired) electrons. The quantitative estimate of drug-likeness (QED) is 0.511. The number of carbonyl (C=O) groups excluding carboxylic acids is 2. The minimum atomic E-state index is -0.669. The van der Waals surface area contributed by atoms with Crippen molar-refractivity contribution in [2.75, 3.05) is 11.9 Å². The zero-order chi connectivity index (χ0) is 23.4. The molecule has 0 bridgehead atoms. The van der Waals surface area contributed by atoms with E-state index in [2.05, 4.69) is 17.6 Å². The van der Waals surface area contributed by atoms with Gasteiger partial charge in [0, 0.05) is 28.7 Å². The molecule has 9 heteroatoms. The normalized spacial score (nSPS) is 33.2. The first-order valence-corrected chi connectivity index (χ1v) is 12.5. The minimum Gasteiger partial charge on any atom is -0.459 e. The fourth-order valence-corrected chi connectivity index (χ4v) is 7.03. The summed E-state index contributed by atoms with van der Waals surface area (Å²) in [4.78, 5) is 31.2. The number of hydrogen-bond acceptors (Lipinski definition) is 7. The summed E-state index contributed by atoms with van der Waals surface area (Å²) in [5.74, 6) is -0.317. The fraction of sp³-hybridized carbons (Fsp3) is 0.625. The predicted molar refractivity (Wildman–Crippen MR) is 123 cm³/mol. The molecule has 2 saturated carbocycles. The summed E-state index contributed by atoms with van der Waals surface area (Å²) in [6.45, 7) is 4.01. The van der Waals surface area contributed by atoms with E-state index in [9.17, 15) is 19.8 Å². The topological polar surface area (TPSA) is 125 Å². The van der Waals surface area contributed by atoms with Crippen molar-refractivity contribution >= 4 is 28.3 Å². The van der Waals surface area contributed by atoms with E-state index in [4.69, 9.17) is 9.40 Å². The SMILES string of the molecule is CC1(CO)C(O)CCC2(C)C(CC(=O)NC3CC3)c3nc(NC(=O)c4ccco4)sc3CC12. The van der Waals surface area contributed by atoms with Crippen LogP contribution in [0.5, 0.6) is 0 Å². The minimum absolute atomic E-state index is 0.0148. The molecular formula is C24H31N3O5S. The van der Waals surface area contributed by atoms with E-state index in [1.807, 2.05) is 6.92 Å². The summed E-state index contributed by atoms with van der Waals surface area (Å²) in [7, 11) is 0. The molecule has 178 valence electrons. The highest BCUT2D eigenvalue weighted by Gasteiger charge is 2.59. The number of nitrogens with zero attached hydrogens (tertiary/aromatic N) is 1. The van der Waals surface area contributed by atoms with E-state index in [1.54, 1.807) is 12.1 Å². The molecule has 5 rings (SSSR count). The standard InChI is InChI=1S/C24H31N3O5S/c1-23-8-7-18(29)24(2,12-28)17(23)11-16-20(14(23)10-19(30)25-13-5-6-13)26-22(33-16)27-21(31)15-4-3-9-32-15/h3-4,9,13-14,17-18,28-29H,5-8,10-12H2,1-2H3,(H,25,30)(H,26,27,31). The third-order valence-electron chi connectivity index (χ3n) is 8.19. The van der Waals surface area contributed by atoms with E-state index in [-0.39, 0.29) is 47.5 Å². The number of anilines is 1. The summed E-state index contributed by atoms with van der Waals surface area (Å²) in [6.07, 6.45) is 5.18. The number of hydrogen-bond donors (Lipinski definition) is 4. The van der Waals surface area contributed by atoms with Gasteiger partial charge < -0.3 is 19.9 Å². The Morgan fingerprint density at radius 1 is 1.30 bits per heavy atom. The smallest absolute Gasteiger partial charge is 0.293 e. The van der Waals surface area contributed by atoms with Crippen LogP contribution in [0.15, 0.2) is 22.8 Å². The molecule has 5 unspecified atom stereocenters. The Balaban J connectivity index is 1.50. The van der Waals surface area contributed by atoms with Crippen molar-refractivity contribution in [3.05, 3.63) is 34.7 Å². The number of aliphatic hydroxyl groups is 2. The molecule has 0 spiro atoms. The Bertz CT molecular complexity index is 1050. The van der Waals surface area contributed by atoms with Crippen LogP contribution in [-0.2, 0) is 11.2 Å². The van der Waals surface area contributed by atoms with E-state index in [0.717, 1.165) is 29.8 Å². The van der Waals surface area contributed by atoms with Crippen molar-refractivity contribution in [1.82, 2.24) is 10.3 Å². The van der Waals surface area contributed by atoms with Crippen molar-refractivity contribution in [3.63, 3.8) is 0 Å². The van der Waals surface area contributed by atoms with Crippen LogP contribution in [0.4, 0.5) is 5.13 Å². The van der Waals surface area contributed by atoms with E-state index in [0.29, 0.717) is 24.4 Å². The average molecular weight is 474 g/mol. The van der Waals surface area contributed by atoms with Crippen molar-refractivity contribution in [1.29, 1.82) is 0 Å². The van der Waals surface area contributed by atoms with Gasteiger partial charge in [-0.3, -0.25) is 14.9 Å². The van der Waals surface area contributed by atoms with Gasteiger partial charge in [-0.05, 0) is 55.6 Å². The first kappa shape index (κ1) is 22.6. The number of nitrogens with one attached hydrogen (secondary N) is 2. The summed E-state index contributed by atoms with van der Waals surface area (Å²) >= 11 is 1.41. The monoisotopic (exact) mass is 473 g/mol. The van der Waals surface area contributed by atoms with Gasteiger partial charge in [-0.15, -0.1) is 11.3 Å². The van der Waals surface area contributed by atoms with Gasteiger partial charge in [0.2, 0.25) is 5.91 Å². The highest BCUT2D eigenvalue weighted by Crippen LogP contribution is 2.62. The molecule has 2 fully saturated rings. The average Bonchev–Trinajstić information content (AvgIpc) is 3.25. The van der Waals surface area contributed by atoms with Gasteiger partial charge in [0.25, 0.3) is 5.91 Å². The fourth-order valence-electron chi connectivity index (χ4n) is 5.97. The highest BCUT2D eigenvalue weighted by molar-refractivity contribution is 7.15. The Hall–Kier alpha value is -2.23. The van der Waals surface area contributed by atoms with Crippen LogP contribution >= 0.6 is 11.3 Å². The van der Waals surface area contributed by atoms with Gasteiger partial charge in [0.1, 0.15) is 0 Å². The van der Waals surface area contributed by atoms with Gasteiger partial charge in [0.15, 0.2) is 10.9 Å². The van der Waals surface area contributed by atoms with Crippen LogP contribution in [0.25, 0.3) is 0 Å². The van der Waals surface area contributed by atoms with E-state index in [1.165, 1.54) is 17.6 Å². The lowest BCUT2D eigenvalue weighted by Gasteiger charge is -2.58. The first-order valence-electron chi connectivity index (χ1n) is 11.7. The number of furan rings is 1. The molecule has 2 amide bonds. The zero-order valence-electron chi connectivity index (χ0n) is 19.0. The van der Waals surface area contributed by atoms with Crippen LogP contribution in [0.3, 0.4) is 0 Å². The van der Waals surface area contributed by atoms with Gasteiger partial charge in [0.05, 0.1) is 24.7 Å². The summed E-state index contributed by atoms with van der Waals surface area (Å²) in [5, 5.41) is 27.6. The molecule has 3 aliphatic carbocycles. The molecule has 2 aromatic rings. The maximum Gasteiger partial charge on any atom is 0.293 e. The Labute approximate surface area is 196 Å². The molecule has 0 aromatic carbocycles. The Morgan fingerprint density at radius 2 is 2.09 bits per heavy atom. The number of amides is 2. The highest BCUT2D eigenvalue weighted by atomic mass is 32.1. The van der Waals surface area contributed by atoms with Crippen LogP contribution in [-0.4, -0.2) is 45.8 Å². The number of rotatable bonds is 6. The lowest BCUT2D eigenvalue weighted by atomic mass is 9.47. The first-order chi connectivity index (χ1) is 15.7. The van der Waals surface area contributed by atoms with Crippen molar-refractivity contribution < 1.29 is 24.2 Å². The van der Waals surface area contributed by atoms with Crippen LogP contribution in [0, 0.1) is 16.7 Å². The molecular weight excluding hydrogens is 442 g/mol. The second-order valence-electron chi connectivity index (χ2n) is 10.3. The molecule has 2 aromatic heterocycles. The molecule has 2 heterocycles. The third-order valence-corrected chi connectivity index (χ3v) is 9.20. The molecule has 0 saturated heterocycles. The van der Waals surface area contributed by atoms with E-state index < -0.39 is 11.5 Å². The van der Waals surface area contributed by atoms with Gasteiger partial charge in [-0.25, -0.2) is 4.98 Å². The molecule has 3 aliphatic rings. The molecule has 5 atom stereocenters. The maximum atomic E-state index is 12.9. The Kier molecular flexibility index (Phi) is 5.61. The largest absolute Gasteiger partial charge is 0.459 e. The lowest BCUT2D eigenvalue weighted by Crippen LogP contribution is -2.57.